The second-order valence-electron chi connectivity index (χ2n) is 3.04. The van der Waals surface area contributed by atoms with Crippen molar-refractivity contribution in [2.24, 2.45) is 0 Å². The van der Waals surface area contributed by atoms with Gasteiger partial charge in [-0.15, -0.1) is 0 Å². The normalized spacial score (nSPS) is 10.3. The van der Waals surface area contributed by atoms with Gasteiger partial charge in [0.05, 0.1) is 5.69 Å². The van der Waals surface area contributed by atoms with Crippen molar-refractivity contribution in [3.63, 3.8) is 0 Å². The number of nitrogens with zero attached hydrogens (tertiary/aromatic N) is 2. The maximum absolute atomic E-state index is 3.98. The molecule has 0 aliphatic heterocycles. The highest BCUT2D eigenvalue weighted by Crippen LogP contribution is 1.96. The van der Waals surface area contributed by atoms with E-state index in [4.69, 9.17) is 0 Å². The monoisotopic (exact) mass is 188 g/mol. The first-order valence-electron chi connectivity index (χ1n) is 4.54. The van der Waals surface area contributed by atoms with E-state index in [1.54, 1.807) is 6.20 Å². The zero-order valence-corrected chi connectivity index (χ0v) is 7.77. The van der Waals surface area contributed by atoms with Crippen LogP contribution in [-0.4, -0.2) is 15.2 Å². The number of hydrogen-bond acceptors (Lipinski definition) is 3. The smallest absolute Gasteiger partial charge is 0.0769 e. The standard InChI is InChI=1S/C10H12N4/c1-2-10(14-13-4-1)8-12-7-9-3-5-11-6-9/h1-6,11-12H,7-8H2. The van der Waals surface area contributed by atoms with Crippen LogP contribution >= 0.6 is 0 Å². The lowest BCUT2D eigenvalue weighted by molar-refractivity contribution is 0.670. The summed E-state index contributed by atoms with van der Waals surface area (Å²) >= 11 is 0. The number of aromatic amines is 1. The molecule has 0 radical (unpaired) electrons. The number of nitrogens with one attached hydrogen (secondary N) is 2. The van der Waals surface area contributed by atoms with E-state index in [1.807, 2.05) is 30.6 Å². The first-order chi connectivity index (χ1) is 6.95. The van der Waals surface area contributed by atoms with Gasteiger partial charge >= 0.3 is 0 Å². The van der Waals surface area contributed by atoms with Crippen molar-refractivity contribution in [2.75, 3.05) is 0 Å². The van der Waals surface area contributed by atoms with Crippen LogP contribution in [0.5, 0.6) is 0 Å². The molecule has 2 aromatic rings. The summed E-state index contributed by atoms with van der Waals surface area (Å²) in [4.78, 5) is 3.01. The lowest BCUT2D eigenvalue weighted by Crippen LogP contribution is -2.13. The molecule has 0 aliphatic rings. The average Bonchev–Trinajstić information content (AvgIpc) is 2.72. The predicted octanol–water partition coefficient (Wildman–Crippen LogP) is 1.09. The molecule has 0 bridgehead atoms. The molecule has 0 unspecified atom stereocenters. The Kier molecular flexibility index (Phi) is 2.88. The van der Waals surface area contributed by atoms with E-state index in [9.17, 15) is 0 Å². The molecule has 0 amide bonds. The Balaban J connectivity index is 1.79. The minimum Gasteiger partial charge on any atom is -0.367 e. The first-order valence-corrected chi connectivity index (χ1v) is 4.54. The number of aromatic nitrogens is 3. The van der Waals surface area contributed by atoms with E-state index in [0.29, 0.717) is 0 Å². The second-order valence-corrected chi connectivity index (χ2v) is 3.04. The molecular weight excluding hydrogens is 176 g/mol. The highest BCUT2D eigenvalue weighted by atomic mass is 15.1. The lowest BCUT2D eigenvalue weighted by Gasteiger charge is -2.00. The van der Waals surface area contributed by atoms with Crippen LogP contribution in [-0.2, 0) is 13.1 Å². The van der Waals surface area contributed by atoms with Crippen LogP contribution in [0.2, 0.25) is 0 Å². The molecule has 2 N–H and O–H groups in total. The zero-order chi connectivity index (χ0) is 9.64. The largest absolute Gasteiger partial charge is 0.367 e. The molecule has 0 aromatic carbocycles. The highest BCUT2D eigenvalue weighted by molar-refractivity contribution is 5.08. The van der Waals surface area contributed by atoms with Gasteiger partial charge in [-0.2, -0.15) is 10.2 Å². The molecule has 0 fully saturated rings. The molecule has 4 nitrogen and oxygen atoms in total. The fraction of sp³-hybridized carbons (Fsp3) is 0.200. The van der Waals surface area contributed by atoms with E-state index in [2.05, 4.69) is 20.5 Å². The maximum atomic E-state index is 3.98. The van der Waals surface area contributed by atoms with Gasteiger partial charge in [0.1, 0.15) is 0 Å². The van der Waals surface area contributed by atoms with E-state index < -0.39 is 0 Å². The molecule has 2 heterocycles. The molecule has 0 aliphatic carbocycles. The van der Waals surface area contributed by atoms with Crippen molar-refractivity contribution >= 4 is 0 Å². The van der Waals surface area contributed by atoms with E-state index in [-0.39, 0.29) is 0 Å². The molecule has 0 saturated heterocycles. The van der Waals surface area contributed by atoms with Gasteiger partial charge < -0.3 is 10.3 Å². The summed E-state index contributed by atoms with van der Waals surface area (Å²) < 4.78 is 0. The molecular formula is C10H12N4. The molecule has 0 spiro atoms. The van der Waals surface area contributed by atoms with Crippen LogP contribution in [0.15, 0.2) is 36.8 Å². The van der Waals surface area contributed by atoms with Crippen molar-refractivity contribution in [3.8, 4) is 0 Å². The highest BCUT2D eigenvalue weighted by Gasteiger charge is 1.94. The van der Waals surface area contributed by atoms with Crippen LogP contribution in [0.1, 0.15) is 11.3 Å². The summed E-state index contributed by atoms with van der Waals surface area (Å²) in [7, 11) is 0. The quantitative estimate of drug-likeness (QED) is 0.755. The van der Waals surface area contributed by atoms with Crippen LogP contribution in [0.3, 0.4) is 0 Å². The SMILES string of the molecule is c1cnnc(CNCc2cc[nH]c2)c1. The average molecular weight is 188 g/mol. The fourth-order valence-corrected chi connectivity index (χ4v) is 1.23. The summed E-state index contributed by atoms with van der Waals surface area (Å²) in [5, 5.41) is 11.1. The Morgan fingerprint density at radius 3 is 3.00 bits per heavy atom. The third-order valence-corrected chi connectivity index (χ3v) is 1.93. The Labute approximate surface area is 82.4 Å². The third-order valence-electron chi connectivity index (χ3n) is 1.93. The van der Waals surface area contributed by atoms with E-state index >= 15 is 0 Å². The van der Waals surface area contributed by atoms with E-state index in [0.717, 1.165) is 18.8 Å². The van der Waals surface area contributed by atoms with Crippen molar-refractivity contribution in [1.82, 2.24) is 20.5 Å². The molecule has 4 heteroatoms. The summed E-state index contributed by atoms with van der Waals surface area (Å²) in [6.07, 6.45) is 5.57. The summed E-state index contributed by atoms with van der Waals surface area (Å²) in [6.45, 7) is 1.60. The Bertz CT molecular complexity index is 355. The molecule has 2 rings (SSSR count). The van der Waals surface area contributed by atoms with E-state index in [1.165, 1.54) is 5.56 Å². The van der Waals surface area contributed by atoms with Gasteiger partial charge in [0.25, 0.3) is 0 Å². The summed E-state index contributed by atoms with van der Waals surface area (Å²) in [5.41, 5.74) is 2.21. The van der Waals surface area contributed by atoms with Crippen LogP contribution in [0.25, 0.3) is 0 Å². The maximum Gasteiger partial charge on any atom is 0.0769 e. The van der Waals surface area contributed by atoms with Crippen LogP contribution in [0, 0.1) is 0 Å². The van der Waals surface area contributed by atoms with Crippen molar-refractivity contribution in [1.29, 1.82) is 0 Å². The Hall–Kier alpha value is -1.68. The molecule has 14 heavy (non-hydrogen) atoms. The van der Waals surface area contributed by atoms with Gasteiger partial charge in [0.15, 0.2) is 0 Å². The van der Waals surface area contributed by atoms with Crippen molar-refractivity contribution in [3.05, 3.63) is 48.0 Å². The molecule has 72 valence electrons. The topological polar surface area (TPSA) is 53.6 Å². The lowest BCUT2D eigenvalue weighted by atomic mass is 10.3. The Morgan fingerprint density at radius 2 is 2.29 bits per heavy atom. The number of H-pyrrole nitrogens is 1. The minimum atomic E-state index is 0.749. The summed E-state index contributed by atoms with van der Waals surface area (Å²) in [6, 6.07) is 5.89. The number of hydrogen-bond donors (Lipinski definition) is 2. The van der Waals surface area contributed by atoms with Crippen molar-refractivity contribution < 1.29 is 0 Å². The first kappa shape index (κ1) is 8.90. The van der Waals surface area contributed by atoms with Crippen LogP contribution in [0.4, 0.5) is 0 Å². The second kappa shape index (κ2) is 4.53. The van der Waals surface area contributed by atoms with Gasteiger partial charge in [-0.25, -0.2) is 0 Å². The third kappa shape index (κ3) is 2.40. The number of rotatable bonds is 4. The van der Waals surface area contributed by atoms with Crippen molar-refractivity contribution in [2.45, 2.75) is 13.1 Å². The van der Waals surface area contributed by atoms with Crippen LogP contribution < -0.4 is 5.32 Å². The molecule has 0 atom stereocenters. The molecule has 0 saturated carbocycles. The fourth-order valence-electron chi connectivity index (χ4n) is 1.23. The van der Waals surface area contributed by atoms with Gasteiger partial charge in [0.2, 0.25) is 0 Å². The van der Waals surface area contributed by atoms with Gasteiger partial charge in [-0.05, 0) is 23.8 Å². The van der Waals surface area contributed by atoms with Gasteiger partial charge in [-0.1, -0.05) is 0 Å². The van der Waals surface area contributed by atoms with Gasteiger partial charge in [0, 0.05) is 31.7 Å². The zero-order valence-electron chi connectivity index (χ0n) is 7.77. The van der Waals surface area contributed by atoms with Gasteiger partial charge in [-0.3, -0.25) is 0 Å². The predicted molar refractivity (Wildman–Crippen MR) is 53.4 cm³/mol. The molecule has 2 aromatic heterocycles. The summed E-state index contributed by atoms with van der Waals surface area (Å²) in [5.74, 6) is 0. The minimum absolute atomic E-state index is 0.749. The Morgan fingerprint density at radius 1 is 1.29 bits per heavy atom.